The molecule has 4 atom stereocenters. The number of fused-ring (bicyclic) bond motifs is 4. The van der Waals surface area contributed by atoms with Crippen molar-refractivity contribution in [2.24, 2.45) is 0 Å². The number of nitrogens with zero attached hydrogens (tertiary/aromatic N) is 1. The molecule has 3 fully saturated rings. The third-order valence-electron chi connectivity index (χ3n) is 3.47. The van der Waals surface area contributed by atoms with Gasteiger partial charge in [0.2, 0.25) is 0 Å². The molecule has 1 amide bonds. The van der Waals surface area contributed by atoms with E-state index in [0.717, 1.165) is 6.54 Å². The molecule has 72 valence electrons. The Morgan fingerprint density at radius 2 is 2.38 bits per heavy atom. The zero-order valence-corrected chi connectivity index (χ0v) is 7.69. The second-order valence-corrected chi connectivity index (χ2v) is 4.28. The Hall–Kier alpha value is -0.770. The topological polar surface area (TPSA) is 41.6 Å². The van der Waals surface area contributed by atoms with Crippen molar-refractivity contribution < 1.29 is 9.53 Å². The Morgan fingerprint density at radius 1 is 1.54 bits per heavy atom. The first-order valence-corrected chi connectivity index (χ1v) is 4.99. The number of rotatable bonds is 0. The zero-order chi connectivity index (χ0) is 9.00. The first-order chi connectivity index (χ1) is 6.25. The van der Waals surface area contributed by atoms with Crippen LogP contribution in [0.2, 0.25) is 0 Å². The zero-order valence-electron chi connectivity index (χ0n) is 7.69. The minimum Gasteiger partial charge on any atom is -0.444 e. The lowest BCUT2D eigenvalue weighted by Crippen LogP contribution is -2.58. The fourth-order valence-electron chi connectivity index (χ4n) is 2.91. The van der Waals surface area contributed by atoms with Gasteiger partial charge in [-0.2, -0.15) is 0 Å². The fourth-order valence-corrected chi connectivity index (χ4v) is 2.91. The molecular weight excluding hydrogens is 168 g/mol. The molecule has 0 saturated carbocycles. The quantitative estimate of drug-likeness (QED) is 0.587. The summed E-state index contributed by atoms with van der Waals surface area (Å²) in [6, 6.07) is 1.27. The molecule has 0 aromatic heterocycles. The summed E-state index contributed by atoms with van der Waals surface area (Å²) >= 11 is 0. The van der Waals surface area contributed by atoms with Crippen LogP contribution in [0.3, 0.4) is 0 Å². The number of ether oxygens (including phenoxy) is 1. The van der Waals surface area contributed by atoms with Crippen LogP contribution in [0.15, 0.2) is 0 Å². The van der Waals surface area contributed by atoms with Crippen LogP contribution in [-0.2, 0) is 4.74 Å². The molecule has 0 aromatic carbocycles. The highest BCUT2D eigenvalue weighted by molar-refractivity contribution is 5.71. The highest BCUT2D eigenvalue weighted by Gasteiger charge is 2.50. The molecule has 0 unspecified atom stereocenters. The van der Waals surface area contributed by atoms with Crippen molar-refractivity contribution in [3.63, 3.8) is 0 Å². The summed E-state index contributed by atoms with van der Waals surface area (Å²) in [7, 11) is 0. The summed E-state index contributed by atoms with van der Waals surface area (Å²) in [6.07, 6.45) is 2.34. The van der Waals surface area contributed by atoms with Gasteiger partial charge < -0.3 is 10.1 Å². The first kappa shape index (κ1) is 7.62. The van der Waals surface area contributed by atoms with Gasteiger partial charge >= 0.3 is 6.09 Å². The Kier molecular flexibility index (Phi) is 1.39. The Labute approximate surface area is 77.2 Å². The number of carbonyl (C=O) groups excluding carboxylic acids is 1. The number of carbonyl (C=O) groups is 1. The van der Waals surface area contributed by atoms with Crippen molar-refractivity contribution in [1.82, 2.24) is 10.2 Å². The van der Waals surface area contributed by atoms with Gasteiger partial charge in [-0.3, -0.25) is 4.90 Å². The minimum atomic E-state index is -0.115. The molecule has 0 aliphatic carbocycles. The average Bonchev–Trinajstić information content (AvgIpc) is 2.58. The maximum atomic E-state index is 11.4. The number of amides is 1. The van der Waals surface area contributed by atoms with Crippen LogP contribution in [0, 0.1) is 0 Å². The lowest BCUT2D eigenvalue weighted by molar-refractivity contribution is 0.136. The molecule has 3 rings (SSSR count). The van der Waals surface area contributed by atoms with Crippen LogP contribution in [-0.4, -0.2) is 41.8 Å². The SMILES string of the molecule is C[C@@H]1OC(=O)N2C[C@H]3CC[C@H](N3)[C@@H]12. The van der Waals surface area contributed by atoms with Gasteiger partial charge in [-0.25, -0.2) is 4.79 Å². The number of piperazine rings is 1. The van der Waals surface area contributed by atoms with Gasteiger partial charge in [0.25, 0.3) is 0 Å². The number of hydrogen-bond donors (Lipinski definition) is 1. The molecule has 3 heterocycles. The molecule has 3 saturated heterocycles. The van der Waals surface area contributed by atoms with Gasteiger partial charge in [-0.15, -0.1) is 0 Å². The van der Waals surface area contributed by atoms with Crippen molar-refractivity contribution in [2.45, 2.75) is 44.0 Å². The molecule has 0 aromatic rings. The first-order valence-electron chi connectivity index (χ1n) is 4.99. The molecule has 3 aliphatic rings. The number of nitrogens with one attached hydrogen (secondary N) is 1. The van der Waals surface area contributed by atoms with E-state index in [0.29, 0.717) is 12.1 Å². The van der Waals surface area contributed by atoms with Crippen LogP contribution in [0.1, 0.15) is 19.8 Å². The van der Waals surface area contributed by atoms with E-state index in [4.69, 9.17) is 4.74 Å². The van der Waals surface area contributed by atoms with Crippen LogP contribution < -0.4 is 5.32 Å². The predicted octanol–water partition coefficient (Wildman–Crippen LogP) is 0.330. The van der Waals surface area contributed by atoms with E-state index in [-0.39, 0.29) is 18.2 Å². The van der Waals surface area contributed by atoms with E-state index < -0.39 is 0 Å². The second-order valence-electron chi connectivity index (χ2n) is 4.28. The van der Waals surface area contributed by atoms with Crippen molar-refractivity contribution in [1.29, 1.82) is 0 Å². The standard InChI is InChI=1S/C9H14N2O2/c1-5-8-7-3-2-6(10-7)4-11(8)9(12)13-5/h5-8,10H,2-4H2,1H3/t5-,6+,7-,8+/m0/s1. The smallest absolute Gasteiger partial charge is 0.410 e. The highest BCUT2D eigenvalue weighted by atomic mass is 16.6. The highest BCUT2D eigenvalue weighted by Crippen LogP contribution is 2.32. The van der Waals surface area contributed by atoms with Gasteiger partial charge in [0.15, 0.2) is 0 Å². The van der Waals surface area contributed by atoms with E-state index >= 15 is 0 Å². The summed E-state index contributed by atoms with van der Waals surface area (Å²) in [5, 5.41) is 3.54. The van der Waals surface area contributed by atoms with Crippen LogP contribution >= 0.6 is 0 Å². The molecule has 2 bridgehead atoms. The number of cyclic esters (lactones) is 1. The summed E-state index contributed by atoms with van der Waals surface area (Å²) in [4.78, 5) is 13.3. The third-order valence-corrected chi connectivity index (χ3v) is 3.47. The summed E-state index contributed by atoms with van der Waals surface area (Å²) in [6.45, 7) is 2.83. The molecule has 0 radical (unpaired) electrons. The summed E-state index contributed by atoms with van der Waals surface area (Å²) < 4.78 is 5.21. The lowest BCUT2D eigenvalue weighted by Gasteiger charge is -2.34. The van der Waals surface area contributed by atoms with Gasteiger partial charge in [-0.05, 0) is 19.8 Å². The summed E-state index contributed by atoms with van der Waals surface area (Å²) in [5.41, 5.74) is 0. The van der Waals surface area contributed by atoms with Gasteiger partial charge in [0.1, 0.15) is 6.10 Å². The second kappa shape index (κ2) is 2.38. The van der Waals surface area contributed by atoms with Crippen LogP contribution in [0.4, 0.5) is 4.79 Å². The Morgan fingerprint density at radius 3 is 3.23 bits per heavy atom. The van der Waals surface area contributed by atoms with Gasteiger partial charge in [0, 0.05) is 18.6 Å². The van der Waals surface area contributed by atoms with E-state index in [1.165, 1.54) is 12.8 Å². The van der Waals surface area contributed by atoms with Crippen LogP contribution in [0.5, 0.6) is 0 Å². The van der Waals surface area contributed by atoms with Crippen molar-refractivity contribution >= 4 is 6.09 Å². The normalized spacial score (nSPS) is 47.8. The van der Waals surface area contributed by atoms with Gasteiger partial charge in [-0.1, -0.05) is 0 Å². The molecule has 1 N–H and O–H groups in total. The van der Waals surface area contributed by atoms with E-state index in [9.17, 15) is 4.79 Å². The fraction of sp³-hybridized carbons (Fsp3) is 0.889. The Bertz CT molecular complexity index is 256. The summed E-state index contributed by atoms with van der Waals surface area (Å²) in [5.74, 6) is 0. The Balaban J connectivity index is 1.92. The lowest BCUT2D eigenvalue weighted by atomic mass is 10.0. The molecule has 4 heteroatoms. The van der Waals surface area contributed by atoms with E-state index in [2.05, 4.69) is 5.32 Å². The molecule has 4 nitrogen and oxygen atoms in total. The number of hydrogen-bond acceptors (Lipinski definition) is 3. The van der Waals surface area contributed by atoms with E-state index in [1.54, 1.807) is 0 Å². The monoisotopic (exact) mass is 182 g/mol. The van der Waals surface area contributed by atoms with Crippen LogP contribution in [0.25, 0.3) is 0 Å². The predicted molar refractivity (Wildman–Crippen MR) is 46.4 cm³/mol. The van der Waals surface area contributed by atoms with Gasteiger partial charge in [0.05, 0.1) is 6.04 Å². The largest absolute Gasteiger partial charge is 0.444 e. The van der Waals surface area contributed by atoms with Crippen molar-refractivity contribution in [3.8, 4) is 0 Å². The molecule has 3 aliphatic heterocycles. The van der Waals surface area contributed by atoms with Crippen molar-refractivity contribution in [3.05, 3.63) is 0 Å². The maximum Gasteiger partial charge on any atom is 0.410 e. The maximum absolute atomic E-state index is 11.4. The molecule has 13 heavy (non-hydrogen) atoms. The van der Waals surface area contributed by atoms with E-state index in [1.807, 2.05) is 11.8 Å². The molecular formula is C9H14N2O2. The minimum absolute atomic E-state index is 0.0593. The van der Waals surface area contributed by atoms with Crippen molar-refractivity contribution in [2.75, 3.05) is 6.54 Å². The third kappa shape index (κ3) is 0.921. The average molecular weight is 182 g/mol. The molecule has 0 spiro atoms.